The van der Waals surface area contributed by atoms with Gasteiger partial charge in [-0.25, -0.2) is 4.98 Å². The summed E-state index contributed by atoms with van der Waals surface area (Å²) in [6, 6.07) is 0. The van der Waals surface area contributed by atoms with Crippen molar-refractivity contribution < 1.29 is 33.0 Å². The van der Waals surface area contributed by atoms with Crippen LogP contribution in [0.25, 0.3) is 11.2 Å². The number of imidazole rings is 1. The molecule has 1 unspecified atom stereocenters. The lowest BCUT2D eigenvalue weighted by atomic mass is 10.1. The van der Waals surface area contributed by atoms with Gasteiger partial charge >= 0.3 is 10.1 Å². The molecule has 0 aliphatic carbocycles. The van der Waals surface area contributed by atoms with Crippen LogP contribution in [0.4, 0.5) is 0 Å². The van der Waals surface area contributed by atoms with E-state index in [1.165, 1.54) is 0 Å². The molecule has 2 aromatic heterocycles. The van der Waals surface area contributed by atoms with Crippen LogP contribution in [0, 0.1) is 0 Å². The van der Waals surface area contributed by atoms with Crippen LogP contribution < -0.4 is 5.56 Å². The highest BCUT2D eigenvalue weighted by atomic mass is 32.2. The fourth-order valence-electron chi connectivity index (χ4n) is 2.32. The third-order valence-corrected chi connectivity index (χ3v) is 4.13. The van der Waals surface area contributed by atoms with Gasteiger partial charge < -0.3 is 20.1 Å². The van der Waals surface area contributed by atoms with E-state index in [0.29, 0.717) is 0 Å². The maximum atomic E-state index is 11.8. The number of hydrogen-bond donors (Lipinski definition) is 5. The molecule has 1 aliphatic heterocycles. The summed E-state index contributed by atoms with van der Waals surface area (Å²) in [4.78, 5) is 21.0. The van der Waals surface area contributed by atoms with Crippen LogP contribution in [0.3, 0.4) is 0 Å². The predicted molar refractivity (Wildman–Crippen MR) is 71.0 cm³/mol. The summed E-state index contributed by atoms with van der Waals surface area (Å²) in [5, 5.41) is 27.8. The Morgan fingerprint density at radius 3 is 2.61 bits per heavy atom. The molecule has 1 aliphatic rings. The molecule has 0 bridgehead atoms. The first-order valence-corrected chi connectivity index (χ1v) is 7.75. The number of H-pyrrole nitrogens is 1. The Bertz CT molecular complexity index is 905. The largest absolute Gasteiger partial charge is 0.394 e. The number of aromatic amines is 1. The Labute approximate surface area is 127 Å². The van der Waals surface area contributed by atoms with Crippen molar-refractivity contribution in [3.63, 3.8) is 0 Å². The Hall–Kier alpha value is -1.90. The van der Waals surface area contributed by atoms with Crippen molar-refractivity contribution in [2.45, 2.75) is 29.7 Å². The van der Waals surface area contributed by atoms with Crippen molar-refractivity contribution >= 4 is 21.3 Å². The second-order valence-corrected chi connectivity index (χ2v) is 6.24. The van der Waals surface area contributed by atoms with E-state index in [1.54, 1.807) is 0 Å². The van der Waals surface area contributed by atoms with E-state index in [9.17, 15) is 23.4 Å². The standard InChI is InChI=1S/C10H12N4O8S/c15-1-3-5(16)6(17)9(22-3)14-2-11-4-7(14)12-10(13-8(4)18)23(19,20)21/h2-3,5-6,9,15-17H,1H2,(H,12,13,18)(H,19,20,21)/t3-,5?,6+,9-/m1/s1. The molecule has 13 heteroatoms. The maximum absolute atomic E-state index is 11.8. The molecule has 3 heterocycles. The van der Waals surface area contributed by atoms with Crippen LogP contribution in [0.5, 0.6) is 0 Å². The summed E-state index contributed by atoms with van der Waals surface area (Å²) >= 11 is 0. The maximum Gasteiger partial charge on any atom is 0.328 e. The van der Waals surface area contributed by atoms with Gasteiger partial charge in [0.2, 0.25) is 0 Å². The summed E-state index contributed by atoms with van der Waals surface area (Å²) in [6.07, 6.45) is -4.14. The van der Waals surface area contributed by atoms with Crippen LogP contribution in [-0.4, -0.2) is 72.7 Å². The van der Waals surface area contributed by atoms with Gasteiger partial charge in [-0.1, -0.05) is 0 Å². The molecule has 23 heavy (non-hydrogen) atoms. The minimum absolute atomic E-state index is 0.255. The summed E-state index contributed by atoms with van der Waals surface area (Å²) < 4.78 is 37.6. The number of aliphatic hydroxyl groups excluding tert-OH is 3. The van der Waals surface area contributed by atoms with Crippen molar-refractivity contribution in [2.24, 2.45) is 0 Å². The fourth-order valence-corrected chi connectivity index (χ4v) is 2.75. The Balaban J connectivity index is 2.16. The number of nitrogens with one attached hydrogen (secondary N) is 1. The van der Waals surface area contributed by atoms with Gasteiger partial charge in [-0.2, -0.15) is 13.4 Å². The van der Waals surface area contributed by atoms with Gasteiger partial charge in [-0.3, -0.25) is 18.9 Å². The Morgan fingerprint density at radius 2 is 2.04 bits per heavy atom. The van der Waals surface area contributed by atoms with Gasteiger partial charge in [-0.05, 0) is 0 Å². The van der Waals surface area contributed by atoms with Gasteiger partial charge in [0.1, 0.15) is 18.3 Å². The molecule has 12 nitrogen and oxygen atoms in total. The van der Waals surface area contributed by atoms with Crippen molar-refractivity contribution in [3.05, 3.63) is 16.7 Å². The van der Waals surface area contributed by atoms with E-state index in [-0.39, 0.29) is 11.2 Å². The Kier molecular flexibility index (Phi) is 3.70. The Morgan fingerprint density at radius 1 is 1.35 bits per heavy atom. The van der Waals surface area contributed by atoms with Crippen molar-refractivity contribution in [1.82, 2.24) is 19.5 Å². The molecule has 1 saturated heterocycles. The zero-order chi connectivity index (χ0) is 16.9. The van der Waals surface area contributed by atoms with Crippen molar-refractivity contribution in [1.29, 1.82) is 0 Å². The number of rotatable bonds is 3. The minimum Gasteiger partial charge on any atom is -0.394 e. The van der Waals surface area contributed by atoms with Crippen LogP contribution in [0.15, 0.2) is 16.3 Å². The molecule has 2 aromatic rings. The molecule has 0 amide bonds. The normalized spacial score (nSPS) is 28.5. The number of aliphatic hydroxyl groups is 3. The molecular weight excluding hydrogens is 336 g/mol. The molecule has 0 saturated carbocycles. The average molecular weight is 348 g/mol. The van der Waals surface area contributed by atoms with Gasteiger partial charge in [0.25, 0.3) is 10.7 Å². The first kappa shape index (κ1) is 16.0. The number of fused-ring (bicyclic) bond motifs is 1. The number of ether oxygens (including phenoxy) is 1. The minimum atomic E-state index is -4.78. The average Bonchev–Trinajstić information content (AvgIpc) is 3.01. The summed E-state index contributed by atoms with van der Waals surface area (Å²) in [5.41, 5.74) is -1.46. The number of nitrogens with zero attached hydrogens (tertiary/aromatic N) is 3. The van der Waals surface area contributed by atoms with Crippen molar-refractivity contribution in [3.8, 4) is 0 Å². The number of aromatic nitrogens is 4. The molecule has 126 valence electrons. The van der Waals surface area contributed by atoms with Gasteiger partial charge in [0.05, 0.1) is 12.9 Å². The zero-order valence-electron chi connectivity index (χ0n) is 11.3. The number of hydrogen-bond acceptors (Lipinski definition) is 9. The van der Waals surface area contributed by atoms with E-state index in [0.717, 1.165) is 10.9 Å². The van der Waals surface area contributed by atoms with E-state index in [2.05, 4.69) is 9.97 Å². The molecule has 0 spiro atoms. The van der Waals surface area contributed by atoms with Gasteiger partial charge in [0, 0.05) is 0 Å². The highest BCUT2D eigenvalue weighted by Crippen LogP contribution is 2.30. The topological polar surface area (TPSA) is 188 Å². The molecule has 5 N–H and O–H groups in total. The van der Waals surface area contributed by atoms with Crippen LogP contribution in [0.1, 0.15) is 6.23 Å². The predicted octanol–water partition coefficient (Wildman–Crippen LogP) is -3.02. The van der Waals surface area contributed by atoms with E-state index in [1.807, 2.05) is 4.98 Å². The van der Waals surface area contributed by atoms with Crippen LogP contribution >= 0.6 is 0 Å². The summed E-state index contributed by atoms with van der Waals surface area (Å²) in [7, 11) is -4.78. The summed E-state index contributed by atoms with van der Waals surface area (Å²) in [5.74, 6) is 0. The van der Waals surface area contributed by atoms with E-state index < -0.39 is 52.0 Å². The van der Waals surface area contributed by atoms with Crippen LogP contribution in [0.2, 0.25) is 0 Å². The SMILES string of the molecule is O=c1[nH]c(S(=O)(=O)O)nc2c1ncn2[C@@H]1O[C@H](CO)C(O)[C@@H]1O. The first-order valence-electron chi connectivity index (χ1n) is 6.31. The molecule has 4 atom stereocenters. The van der Waals surface area contributed by atoms with Gasteiger partial charge in [-0.15, -0.1) is 0 Å². The molecule has 0 radical (unpaired) electrons. The highest BCUT2D eigenvalue weighted by Gasteiger charge is 2.44. The lowest BCUT2D eigenvalue weighted by Crippen LogP contribution is -2.33. The lowest BCUT2D eigenvalue weighted by Gasteiger charge is -2.16. The van der Waals surface area contributed by atoms with Crippen molar-refractivity contribution in [2.75, 3.05) is 6.61 Å². The summed E-state index contributed by atoms with van der Waals surface area (Å²) in [6.45, 7) is -0.564. The third-order valence-electron chi connectivity index (χ3n) is 3.45. The second-order valence-electron chi connectivity index (χ2n) is 4.90. The fraction of sp³-hybridized carbons (Fsp3) is 0.500. The molecular formula is C10H12N4O8S. The molecule has 3 rings (SSSR count). The first-order chi connectivity index (χ1) is 10.7. The zero-order valence-corrected chi connectivity index (χ0v) is 12.1. The second kappa shape index (κ2) is 5.33. The molecule has 0 aromatic carbocycles. The van der Waals surface area contributed by atoms with E-state index >= 15 is 0 Å². The van der Waals surface area contributed by atoms with E-state index in [4.69, 9.17) is 14.4 Å². The quantitative estimate of drug-likeness (QED) is 0.282. The third kappa shape index (κ3) is 2.52. The molecule has 1 fully saturated rings. The highest BCUT2D eigenvalue weighted by molar-refractivity contribution is 7.85. The van der Waals surface area contributed by atoms with Crippen LogP contribution in [-0.2, 0) is 14.9 Å². The van der Waals surface area contributed by atoms with Gasteiger partial charge in [0.15, 0.2) is 17.4 Å². The smallest absolute Gasteiger partial charge is 0.328 e. The monoisotopic (exact) mass is 348 g/mol. The lowest BCUT2D eigenvalue weighted by molar-refractivity contribution is -0.0511.